The Kier molecular flexibility index (Phi) is 1.80. The van der Waals surface area contributed by atoms with E-state index in [2.05, 4.69) is 5.92 Å². The van der Waals surface area contributed by atoms with Crippen molar-refractivity contribution in [3.63, 3.8) is 0 Å². The number of rotatable bonds is 1. The zero-order chi connectivity index (χ0) is 7.61. The van der Waals surface area contributed by atoms with E-state index in [-0.39, 0.29) is 5.41 Å². The number of carbonyl (C=O) groups excluding carboxylic acids is 1. The van der Waals surface area contributed by atoms with E-state index in [0.717, 1.165) is 19.3 Å². The number of terminal acetylenes is 1. The molecule has 1 rings (SSSR count). The molecule has 1 aliphatic rings. The van der Waals surface area contributed by atoms with Crippen molar-refractivity contribution < 1.29 is 4.79 Å². The third-order valence-corrected chi connectivity index (χ3v) is 2.30. The van der Waals surface area contributed by atoms with Gasteiger partial charge >= 0.3 is 0 Å². The summed E-state index contributed by atoms with van der Waals surface area (Å²) in [5, 5.41) is 0. The van der Waals surface area contributed by atoms with Gasteiger partial charge < -0.3 is 0 Å². The molecule has 10 heavy (non-hydrogen) atoms. The average molecular weight is 136 g/mol. The Labute approximate surface area is 61.8 Å². The average Bonchev–Trinajstić information content (AvgIpc) is 2.15. The van der Waals surface area contributed by atoms with Crippen LogP contribution in [-0.2, 0) is 4.79 Å². The molecule has 1 aliphatic carbocycles. The molecule has 0 aliphatic heterocycles. The molecule has 54 valence electrons. The molecule has 1 heteroatoms. The van der Waals surface area contributed by atoms with Gasteiger partial charge in [-0.1, -0.05) is 6.92 Å². The summed E-state index contributed by atoms with van der Waals surface area (Å²) in [7, 11) is 0. The van der Waals surface area contributed by atoms with E-state index >= 15 is 0 Å². The summed E-state index contributed by atoms with van der Waals surface area (Å²) < 4.78 is 0. The minimum Gasteiger partial charge on any atom is -0.299 e. The van der Waals surface area contributed by atoms with Crippen molar-refractivity contribution in [1.29, 1.82) is 0 Å². The van der Waals surface area contributed by atoms with Gasteiger partial charge in [0.15, 0.2) is 0 Å². The lowest BCUT2D eigenvalue weighted by molar-refractivity contribution is -0.124. The highest BCUT2D eigenvalue weighted by molar-refractivity contribution is 5.86. The van der Waals surface area contributed by atoms with Gasteiger partial charge in [-0.25, -0.2) is 0 Å². The van der Waals surface area contributed by atoms with Gasteiger partial charge in [-0.2, -0.15) is 0 Å². The molecule has 0 N–H and O–H groups in total. The van der Waals surface area contributed by atoms with Crippen LogP contribution in [0.3, 0.4) is 0 Å². The van der Waals surface area contributed by atoms with Crippen LogP contribution in [0.2, 0.25) is 0 Å². The smallest absolute Gasteiger partial charge is 0.139 e. The molecule has 0 heterocycles. The van der Waals surface area contributed by atoms with Crippen LogP contribution in [-0.4, -0.2) is 5.78 Å². The Morgan fingerprint density at radius 3 is 2.90 bits per heavy atom. The quantitative estimate of drug-likeness (QED) is 0.502. The van der Waals surface area contributed by atoms with Crippen LogP contribution < -0.4 is 0 Å². The van der Waals surface area contributed by atoms with Gasteiger partial charge in [-0.15, -0.1) is 12.3 Å². The second-order valence-electron chi connectivity index (χ2n) is 3.22. The predicted octanol–water partition coefficient (Wildman–Crippen LogP) is 1.77. The molecule has 0 spiro atoms. The fourth-order valence-corrected chi connectivity index (χ4v) is 1.49. The normalized spacial score (nSPS) is 32.2. The third kappa shape index (κ3) is 1.07. The summed E-state index contributed by atoms with van der Waals surface area (Å²) in [6.07, 6.45) is 8.51. The molecule has 1 fully saturated rings. The highest BCUT2D eigenvalue weighted by Crippen LogP contribution is 2.36. The highest BCUT2D eigenvalue weighted by atomic mass is 16.1. The lowest BCUT2D eigenvalue weighted by atomic mass is 9.85. The summed E-state index contributed by atoms with van der Waals surface area (Å²) in [6.45, 7) is 1.97. The topological polar surface area (TPSA) is 17.1 Å². The maximum absolute atomic E-state index is 11.2. The fraction of sp³-hybridized carbons (Fsp3) is 0.667. The van der Waals surface area contributed by atoms with Crippen LogP contribution in [0, 0.1) is 17.8 Å². The zero-order valence-corrected chi connectivity index (χ0v) is 6.31. The molecule has 1 atom stereocenters. The highest BCUT2D eigenvalue weighted by Gasteiger charge is 2.36. The Morgan fingerprint density at radius 2 is 2.50 bits per heavy atom. The lowest BCUT2D eigenvalue weighted by Gasteiger charge is -2.17. The summed E-state index contributed by atoms with van der Waals surface area (Å²) in [5.41, 5.74) is -0.172. The van der Waals surface area contributed by atoms with Crippen molar-refractivity contribution in [2.24, 2.45) is 5.41 Å². The summed E-state index contributed by atoms with van der Waals surface area (Å²) >= 11 is 0. The standard InChI is InChI=1S/C9H12O/c1-3-6-9(2)7-4-5-8(9)10/h1H,4-7H2,2H3/t9-/m0/s1. The molecular formula is C9H12O. The molecule has 0 saturated heterocycles. The molecule has 1 saturated carbocycles. The van der Waals surface area contributed by atoms with Gasteiger partial charge in [0.1, 0.15) is 5.78 Å². The third-order valence-electron chi connectivity index (χ3n) is 2.30. The molecule has 0 aromatic carbocycles. The predicted molar refractivity (Wildman–Crippen MR) is 40.4 cm³/mol. The minimum absolute atomic E-state index is 0.172. The fourth-order valence-electron chi connectivity index (χ4n) is 1.49. The Balaban J connectivity index is 2.68. The first kappa shape index (κ1) is 7.34. The van der Waals surface area contributed by atoms with Gasteiger partial charge in [-0.05, 0) is 12.8 Å². The molecule has 0 aromatic rings. The number of ketones is 1. The van der Waals surface area contributed by atoms with E-state index in [1.165, 1.54) is 0 Å². The first-order valence-electron chi connectivity index (χ1n) is 3.66. The van der Waals surface area contributed by atoms with Gasteiger partial charge in [0.2, 0.25) is 0 Å². The molecule has 0 radical (unpaired) electrons. The van der Waals surface area contributed by atoms with Crippen LogP contribution in [0.15, 0.2) is 0 Å². The molecule has 0 unspecified atom stereocenters. The first-order chi connectivity index (χ1) is 4.69. The van der Waals surface area contributed by atoms with Crippen LogP contribution in [0.4, 0.5) is 0 Å². The number of hydrogen-bond acceptors (Lipinski definition) is 1. The molecular weight excluding hydrogens is 124 g/mol. The Bertz CT molecular complexity index is 187. The van der Waals surface area contributed by atoms with Crippen molar-refractivity contribution in [2.45, 2.75) is 32.6 Å². The first-order valence-corrected chi connectivity index (χ1v) is 3.66. The maximum atomic E-state index is 11.2. The van der Waals surface area contributed by atoms with E-state index in [1.807, 2.05) is 6.92 Å². The number of Topliss-reactive ketones (excluding diaryl/α,β-unsaturated/α-hetero) is 1. The summed E-state index contributed by atoms with van der Waals surface area (Å²) in [6, 6.07) is 0. The molecule has 1 nitrogen and oxygen atoms in total. The second-order valence-corrected chi connectivity index (χ2v) is 3.22. The van der Waals surface area contributed by atoms with Gasteiger partial charge in [0.25, 0.3) is 0 Å². The largest absolute Gasteiger partial charge is 0.299 e. The van der Waals surface area contributed by atoms with Gasteiger partial charge in [0.05, 0.1) is 0 Å². The summed E-state index contributed by atoms with van der Waals surface area (Å²) in [4.78, 5) is 11.2. The van der Waals surface area contributed by atoms with Crippen molar-refractivity contribution >= 4 is 5.78 Å². The number of hydrogen-bond donors (Lipinski definition) is 0. The van der Waals surface area contributed by atoms with Crippen LogP contribution >= 0.6 is 0 Å². The van der Waals surface area contributed by atoms with E-state index in [1.54, 1.807) is 0 Å². The second kappa shape index (κ2) is 2.46. The maximum Gasteiger partial charge on any atom is 0.139 e. The van der Waals surface area contributed by atoms with Crippen LogP contribution in [0.5, 0.6) is 0 Å². The number of carbonyl (C=O) groups is 1. The van der Waals surface area contributed by atoms with Gasteiger partial charge in [-0.3, -0.25) is 4.79 Å². The molecule has 0 aromatic heterocycles. The van der Waals surface area contributed by atoms with Crippen molar-refractivity contribution in [3.8, 4) is 12.3 Å². The lowest BCUT2D eigenvalue weighted by Crippen LogP contribution is -2.20. The SMILES string of the molecule is C#CC[C@@]1(C)CCCC1=O. The van der Waals surface area contributed by atoms with Crippen molar-refractivity contribution in [2.75, 3.05) is 0 Å². The molecule has 0 amide bonds. The van der Waals surface area contributed by atoms with E-state index in [9.17, 15) is 4.79 Å². The van der Waals surface area contributed by atoms with Gasteiger partial charge in [0, 0.05) is 18.3 Å². The van der Waals surface area contributed by atoms with Crippen LogP contribution in [0.25, 0.3) is 0 Å². The summed E-state index contributed by atoms with van der Waals surface area (Å²) in [5.74, 6) is 2.91. The van der Waals surface area contributed by atoms with E-state index in [0.29, 0.717) is 12.2 Å². The van der Waals surface area contributed by atoms with E-state index < -0.39 is 0 Å². The van der Waals surface area contributed by atoms with Crippen molar-refractivity contribution in [3.05, 3.63) is 0 Å². The minimum atomic E-state index is -0.172. The van der Waals surface area contributed by atoms with E-state index in [4.69, 9.17) is 6.42 Å². The van der Waals surface area contributed by atoms with Crippen molar-refractivity contribution in [1.82, 2.24) is 0 Å². The monoisotopic (exact) mass is 136 g/mol. The zero-order valence-electron chi connectivity index (χ0n) is 6.31. The van der Waals surface area contributed by atoms with Crippen LogP contribution in [0.1, 0.15) is 32.6 Å². The Morgan fingerprint density at radius 1 is 1.80 bits per heavy atom. The molecule has 0 bridgehead atoms. The Hall–Kier alpha value is -0.770.